The molecule has 170 valence electrons. The number of hydrogen-bond acceptors (Lipinski definition) is 5. The lowest BCUT2D eigenvalue weighted by Crippen LogP contribution is -2.09. The van der Waals surface area contributed by atoms with Crippen molar-refractivity contribution >= 4 is 33.2 Å². The van der Waals surface area contributed by atoms with Crippen molar-refractivity contribution in [3.05, 3.63) is 69.1 Å². The monoisotopic (exact) mass is 463 g/mol. The third kappa shape index (κ3) is 5.37. The fourth-order valence-electron chi connectivity index (χ4n) is 3.63. The van der Waals surface area contributed by atoms with E-state index in [4.69, 9.17) is 5.73 Å². The average molecular weight is 464 g/mol. The SMILES string of the molecule is COC(=O)CCc1ccc(C(=O)CCc2sc3cc(C(F)(F)F)ccc3c2C)cc1CN. The van der Waals surface area contributed by atoms with Gasteiger partial charge in [-0.15, -0.1) is 11.3 Å². The summed E-state index contributed by atoms with van der Waals surface area (Å²) in [6.07, 6.45) is -2.97. The summed E-state index contributed by atoms with van der Waals surface area (Å²) in [4.78, 5) is 25.0. The molecule has 8 heteroatoms. The van der Waals surface area contributed by atoms with Gasteiger partial charge in [-0.2, -0.15) is 13.2 Å². The Balaban J connectivity index is 1.73. The second-order valence-electron chi connectivity index (χ2n) is 7.55. The number of alkyl halides is 3. The number of carbonyl (C=O) groups excluding carboxylic acids is 2. The fraction of sp³-hybridized carbons (Fsp3) is 0.333. The molecule has 0 amide bonds. The van der Waals surface area contributed by atoms with Crippen LogP contribution in [-0.4, -0.2) is 18.9 Å². The van der Waals surface area contributed by atoms with Crippen LogP contribution in [0, 0.1) is 6.92 Å². The summed E-state index contributed by atoms with van der Waals surface area (Å²) in [7, 11) is 1.33. The maximum Gasteiger partial charge on any atom is 0.416 e. The van der Waals surface area contributed by atoms with E-state index in [9.17, 15) is 22.8 Å². The van der Waals surface area contributed by atoms with Gasteiger partial charge in [0.2, 0.25) is 0 Å². The number of esters is 1. The van der Waals surface area contributed by atoms with E-state index in [1.165, 1.54) is 30.6 Å². The minimum atomic E-state index is -4.38. The number of fused-ring (bicyclic) bond motifs is 1. The van der Waals surface area contributed by atoms with E-state index >= 15 is 0 Å². The molecule has 0 saturated carbocycles. The van der Waals surface area contributed by atoms with Crippen molar-refractivity contribution in [3.63, 3.8) is 0 Å². The molecule has 3 aromatic rings. The Hall–Kier alpha value is -2.71. The third-order valence-corrected chi connectivity index (χ3v) is 6.83. The van der Waals surface area contributed by atoms with Crippen molar-refractivity contribution in [2.24, 2.45) is 5.73 Å². The molecule has 4 nitrogen and oxygen atoms in total. The maximum atomic E-state index is 13.0. The first-order chi connectivity index (χ1) is 15.1. The van der Waals surface area contributed by atoms with E-state index in [1.54, 1.807) is 12.1 Å². The number of hydrogen-bond donors (Lipinski definition) is 1. The van der Waals surface area contributed by atoms with Crippen LogP contribution in [0.5, 0.6) is 0 Å². The molecule has 0 saturated heterocycles. The molecule has 0 aliphatic carbocycles. The van der Waals surface area contributed by atoms with Crippen LogP contribution in [0.2, 0.25) is 0 Å². The highest BCUT2D eigenvalue weighted by molar-refractivity contribution is 7.19. The van der Waals surface area contributed by atoms with Crippen molar-refractivity contribution < 1.29 is 27.5 Å². The molecular formula is C24H24F3NO3S. The molecule has 0 atom stereocenters. The van der Waals surface area contributed by atoms with E-state index in [2.05, 4.69) is 4.74 Å². The summed E-state index contributed by atoms with van der Waals surface area (Å²) >= 11 is 1.30. The Morgan fingerprint density at radius 1 is 1.03 bits per heavy atom. The van der Waals surface area contributed by atoms with Crippen molar-refractivity contribution in [2.45, 2.75) is 45.3 Å². The molecular weight excluding hydrogens is 439 g/mol. The van der Waals surface area contributed by atoms with Crippen LogP contribution in [0.4, 0.5) is 13.2 Å². The largest absolute Gasteiger partial charge is 0.469 e. The molecule has 0 aliphatic heterocycles. The number of benzene rings is 2. The Morgan fingerprint density at radius 2 is 1.78 bits per heavy atom. The number of rotatable bonds is 8. The first kappa shape index (κ1) is 23.9. The Morgan fingerprint density at radius 3 is 2.44 bits per heavy atom. The molecule has 0 spiro atoms. The van der Waals surface area contributed by atoms with Crippen molar-refractivity contribution in [3.8, 4) is 0 Å². The summed E-state index contributed by atoms with van der Waals surface area (Å²) in [6.45, 7) is 2.11. The summed E-state index contributed by atoms with van der Waals surface area (Å²) < 4.78 is 44.2. The lowest BCUT2D eigenvalue weighted by molar-refractivity contribution is -0.140. The zero-order chi connectivity index (χ0) is 23.5. The number of ketones is 1. The smallest absolute Gasteiger partial charge is 0.416 e. The van der Waals surface area contributed by atoms with Crippen LogP contribution in [0.1, 0.15) is 50.3 Å². The van der Waals surface area contributed by atoms with Gasteiger partial charge < -0.3 is 10.5 Å². The van der Waals surface area contributed by atoms with Crippen LogP contribution in [0.3, 0.4) is 0 Å². The van der Waals surface area contributed by atoms with Crippen LogP contribution in [-0.2, 0) is 35.1 Å². The maximum absolute atomic E-state index is 13.0. The van der Waals surface area contributed by atoms with Gasteiger partial charge in [0.1, 0.15) is 0 Å². The van der Waals surface area contributed by atoms with E-state index < -0.39 is 11.7 Å². The second kappa shape index (κ2) is 9.83. The van der Waals surface area contributed by atoms with Gasteiger partial charge in [0, 0.05) is 34.5 Å². The van der Waals surface area contributed by atoms with Crippen molar-refractivity contribution in [1.29, 1.82) is 0 Å². The van der Waals surface area contributed by atoms with Gasteiger partial charge in [0.25, 0.3) is 0 Å². The van der Waals surface area contributed by atoms with Crippen molar-refractivity contribution in [2.75, 3.05) is 7.11 Å². The van der Waals surface area contributed by atoms with Crippen LogP contribution >= 0.6 is 11.3 Å². The molecule has 0 aliphatic rings. The number of nitrogens with two attached hydrogens (primary N) is 1. The molecule has 32 heavy (non-hydrogen) atoms. The van der Waals surface area contributed by atoms with E-state index in [1.807, 2.05) is 13.0 Å². The van der Waals surface area contributed by atoms with E-state index in [0.29, 0.717) is 23.1 Å². The number of halogens is 3. The predicted molar refractivity (Wildman–Crippen MR) is 119 cm³/mol. The average Bonchev–Trinajstić information content (AvgIpc) is 3.09. The first-order valence-electron chi connectivity index (χ1n) is 10.1. The molecule has 0 unspecified atom stereocenters. The van der Waals surface area contributed by atoms with E-state index in [-0.39, 0.29) is 31.1 Å². The van der Waals surface area contributed by atoms with Gasteiger partial charge in [-0.05, 0) is 60.0 Å². The topological polar surface area (TPSA) is 69.4 Å². The lowest BCUT2D eigenvalue weighted by atomic mass is 9.96. The van der Waals surface area contributed by atoms with Gasteiger partial charge in [0.15, 0.2) is 5.78 Å². The minimum Gasteiger partial charge on any atom is -0.469 e. The highest BCUT2D eigenvalue weighted by Gasteiger charge is 2.30. The fourth-order valence-corrected chi connectivity index (χ4v) is 4.88. The zero-order valence-corrected chi connectivity index (χ0v) is 18.7. The molecule has 0 radical (unpaired) electrons. The molecule has 2 aromatic carbocycles. The van der Waals surface area contributed by atoms with Gasteiger partial charge in [-0.25, -0.2) is 0 Å². The first-order valence-corrected chi connectivity index (χ1v) is 11.0. The zero-order valence-electron chi connectivity index (χ0n) is 17.8. The highest BCUT2D eigenvalue weighted by Crippen LogP contribution is 2.37. The number of Topliss-reactive ketones (excluding diaryl/α,β-unsaturated/α-hetero) is 1. The molecule has 1 heterocycles. The summed E-state index contributed by atoms with van der Waals surface area (Å²) in [5.41, 5.74) is 8.30. The minimum absolute atomic E-state index is 0.0629. The predicted octanol–water partition coefficient (Wildman–Crippen LogP) is 5.61. The quantitative estimate of drug-likeness (QED) is 0.348. The molecule has 2 N–H and O–H groups in total. The van der Waals surface area contributed by atoms with Gasteiger partial charge >= 0.3 is 12.1 Å². The Labute approximate surface area is 188 Å². The molecule has 0 fully saturated rings. The number of methoxy groups -OCH3 is 1. The summed E-state index contributed by atoms with van der Waals surface area (Å²) in [5, 5.41) is 0.783. The molecule has 0 bridgehead atoms. The highest BCUT2D eigenvalue weighted by atomic mass is 32.1. The van der Waals surface area contributed by atoms with Crippen LogP contribution < -0.4 is 5.73 Å². The summed E-state index contributed by atoms with van der Waals surface area (Å²) in [6, 6.07) is 9.04. The standard InChI is InChI=1S/C24H24F3NO3S/c1-14-19-7-6-18(24(25,26)27)12-22(19)32-21(14)9-8-20(29)16-4-3-15(17(11-16)13-28)5-10-23(30)31-2/h3-4,6-7,11-12H,5,8-10,13,28H2,1-2H3. The number of carbonyl (C=O) groups is 2. The van der Waals surface area contributed by atoms with E-state index in [0.717, 1.165) is 33.0 Å². The lowest BCUT2D eigenvalue weighted by Gasteiger charge is -2.10. The molecule has 3 rings (SSSR count). The van der Waals surface area contributed by atoms with Crippen LogP contribution in [0.15, 0.2) is 36.4 Å². The number of thiophene rings is 1. The Kier molecular flexibility index (Phi) is 7.36. The normalized spacial score (nSPS) is 11.7. The van der Waals surface area contributed by atoms with Crippen molar-refractivity contribution in [1.82, 2.24) is 0 Å². The third-order valence-electron chi connectivity index (χ3n) is 5.52. The van der Waals surface area contributed by atoms with Gasteiger partial charge in [0.05, 0.1) is 12.7 Å². The van der Waals surface area contributed by atoms with Gasteiger partial charge in [-0.1, -0.05) is 18.2 Å². The van der Waals surface area contributed by atoms with Gasteiger partial charge in [-0.3, -0.25) is 9.59 Å². The number of ether oxygens (including phenoxy) is 1. The second-order valence-corrected chi connectivity index (χ2v) is 8.68. The molecule has 1 aromatic heterocycles. The number of aryl methyl sites for hydroxylation is 3. The summed E-state index contributed by atoms with van der Waals surface area (Å²) in [5.74, 6) is -0.374. The Bertz CT molecular complexity index is 1150. The van der Waals surface area contributed by atoms with Crippen LogP contribution in [0.25, 0.3) is 10.1 Å².